The number of benzene rings is 2. The van der Waals surface area contributed by atoms with Crippen molar-refractivity contribution in [1.82, 2.24) is 15.1 Å². The van der Waals surface area contributed by atoms with Gasteiger partial charge in [0.25, 0.3) is 0 Å². The molecule has 0 aromatic heterocycles. The number of rotatable bonds is 7. The number of halogens is 1. The topological polar surface area (TPSA) is 52.7 Å². The predicted octanol–water partition coefficient (Wildman–Crippen LogP) is 3.10. The van der Waals surface area contributed by atoms with Crippen molar-refractivity contribution in [3.63, 3.8) is 0 Å². The molecule has 29 heavy (non-hydrogen) atoms. The van der Waals surface area contributed by atoms with E-state index in [4.69, 9.17) is 0 Å². The zero-order chi connectivity index (χ0) is 20.0. The number of amides is 2. The number of hydrogen-bond donors (Lipinski definition) is 1. The van der Waals surface area contributed by atoms with Crippen molar-refractivity contribution in [1.29, 1.82) is 0 Å². The summed E-state index contributed by atoms with van der Waals surface area (Å²) >= 11 is 0. The second-order valence-corrected chi connectivity index (χ2v) is 7.77. The minimum Gasteiger partial charge on any atom is -0.341 e. The summed E-state index contributed by atoms with van der Waals surface area (Å²) in [4.78, 5) is 29.7. The second kappa shape index (κ2) is 10.4. The molecule has 1 unspecified atom stereocenters. The number of hydrogen-bond acceptors (Lipinski definition) is 3. The van der Waals surface area contributed by atoms with Gasteiger partial charge in [0.05, 0.1) is 5.41 Å². The van der Waals surface area contributed by atoms with Crippen molar-refractivity contribution >= 4 is 24.2 Å². The Morgan fingerprint density at radius 2 is 1.41 bits per heavy atom. The van der Waals surface area contributed by atoms with Gasteiger partial charge in [0.1, 0.15) is 0 Å². The molecule has 6 heteroatoms. The average molecular weight is 416 g/mol. The quantitative estimate of drug-likeness (QED) is 0.756. The third-order valence-corrected chi connectivity index (χ3v) is 5.48. The number of carbonyl (C=O) groups excluding carboxylic acids is 2. The molecule has 1 saturated heterocycles. The molecule has 1 fully saturated rings. The molecule has 2 aromatic carbocycles. The van der Waals surface area contributed by atoms with Crippen LogP contribution in [0.25, 0.3) is 0 Å². The van der Waals surface area contributed by atoms with E-state index in [9.17, 15) is 9.59 Å². The molecule has 1 N–H and O–H groups in total. The van der Waals surface area contributed by atoms with Crippen molar-refractivity contribution in [3.8, 4) is 0 Å². The minimum absolute atomic E-state index is 0. The Balaban J connectivity index is 0.00000300. The van der Waals surface area contributed by atoms with Gasteiger partial charge in [0, 0.05) is 40.2 Å². The third kappa shape index (κ3) is 5.81. The molecule has 0 spiro atoms. The van der Waals surface area contributed by atoms with Gasteiger partial charge in [-0.15, -0.1) is 12.4 Å². The van der Waals surface area contributed by atoms with Crippen LogP contribution >= 0.6 is 12.4 Å². The maximum absolute atomic E-state index is 13.3. The summed E-state index contributed by atoms with van der Waals surface area (Å²) in [7, 11) is 3.64. The monoisotopic (exact) mass is 415 g/mol. The van der Waals surface area contributed by atoms with Crippen molar-refractivity contribution in [3.05, 3.63) is 71.8 Å². The lowest BCUT2D eigenvalue weighted by Gasteiger charge is -2.33. The summed E-state index contributed by atoms with van der Waals surface area (Å²) in [5.41, 5.74) is 1.52. The van der Waals surface area contributed by atoms with Gasteiger partial charge in [-0.2, -0.15) is 0 Å². The first kappa shape index (κ1) is 22.9. The SMILES string of the molecule is CN(Cc1ccccc1)C(=O)CC1(C(=O)N(C)Cc2ccccc2)CCNC1.Cl. The highest BCUT2D eigenvalue weighted by Gasteiger charge is 2.45. The molecule has 1 aliphatic rings. The largest absolute Gasteiger partial charge is 0.341 e. The molecule has 0 bridgehead atoms. The van der Waals surface area contributed by atoms with Crippen molar-refractivity contribution in [2.75, 3.05) is 27.2 Å². The van der Waals surface area contributed by atoms with E-state index in [0.717, 1.165) is 17.7 Å². The van der Waals surface area contributed by atoms with Gasteiger partial charge in [0.2, 0.25) is 11.8 Å². The molecular weight excluding hydrogens is 386 g/mol. The van der Waals surface area contributed by atoms with Gasteiger partial charge < -0.3 is 15.1 Å². The van der Waals surface area contributed by atoms with Gasteiger partial charge in [-0.1, -0.05) is 60.7 Å². The van der Waals surface area contributed by atoms with Gasteiger partial charge in [-0.25, -0.2) is 0 Å². The van der Waals surface area contributed by atoms with Gasteiger partial charge >= 0.3 is 0 Å². The minimum atomic E-state index is -0.661. The van der Waals surface area contributed by atoms with Crippen LogP contribution in [0.15, 0.2) is 60.7 Å². The van der Waals surface area contributed by atoms with E-state index < -0.39 is 5.41 Å². The van der Waals surface area contributed by atoms with Crippen LogP contribution in [-0.4, -0.2) is 48.8 Å². The molecular formula is C23H30ClN3O2. The highest BCUT2D eigenvalue weighted by Crippen LogP contribution is 2.33. The van der Waals surface area contributed by atoms with E-state index >= 15 is 0 Å². The molecule has 2 amide bonds. The lowest BCUT2D eigenvalue weighted by Crippen LogP contribution is -2.46. The molecule has 1 heterocycles. The first-order valence-electron chi connectivity index (χ1n) is 9.78. The fraction of sp³-hybridized carbons (Fsp3) is 0.391. The Morgan fingerprint density at radius 1 is 0.897 bits per heavy atom. The van der Waals surface area contributed by atoms with Crippen LogP contribution in [0.3, 0.4) is 0 Å². The van der Waals surface area contributed by atoms with Gasteiger partial charge in [-0.05, 0) is 24.1 Å². The van der Waals surface area contributed by atoms with E-state index in [1.165, 1.54) is 0 Å². The number of carbonyl (C=O) groups is 2. The lowest BCUT2D eigenvalue weighted by molar-refractivity contribution is -0.146. The fourth-order valence-corrected chi connectivity index (χ4v) is 3.86. The summed E-state index contributed by atoms with van der Waals surface area (Å²) in [6, 6.07) is 19.9. The van der Waals surface area contributed by atoms with Crippen LogP contribution in [-0.2, 0) is 22.7 Å². The van der Waals surface area contributed by atoms with Gasteiger partial charge in [-0.3, -0.25) is 9.59 Å². The number of nitrogens with zero attached hydrogens (tertiary/aromatic N) is 2. The summed E-state index contributed by atoms with van der Waals surface area (Å²) in [6.45, 7) is 2.42. The zero-order valence-corrected chi connectivity index (χ0v) is 18.0. The molecule has 0 aliphatic carbocycles. The standard InChI is InChI=1S/C23H29N3O2.ClH/c1-25(16-19-9-5-3-6-10-19)21(27)15-23(13-14-24-18-23)22(28)26(2)17-20-11-7-4-8-12-20;/h3-12,24H,13-18H2,1-2H3;1H. The Labute approximate surface area is 179 Å². The highest BCUT2D eigenvalue weighted by atomic mass is 35.5. The first-order chi connectivity index (χ1) is 13.5. The van der Waals surface area contributed by atoms with E-state index in [2.05, 4.69) is 5.32 Å². The Bertz CT molecular complexity index is 792. The van der Waals surface area contributed by atoms with Crippen LogP contribution in [0.1, 0.15) is 24.0 Å². The highest BCUT2D eigenvalue weighted by molar-refractivity contribution is 5.89. The van der Waals surface area contributed by atoms with Crippen LogP contribution < -0.4 is 5.32 Å². The Kier molecular flexibility index (Phi) is 8.23. The van der Waals surface area contributed by atoms with E-state index in [0.29, 0.717) is 26.1 Å². The zero-order valence-electron chi connectivity index (χ0n) is 17.1. The maximum atomic E-state index is 13.3. The summed E-state index contributed by atoms with van der Waals surface area (Å²) in [5.74, 6) is 0.0526. The summed E-state index contributed by atoms with van der Waals surface area (Å²) < 4.78 is 0. The first-order valence-corrected chi connectivity index (χ1v) is 9.78. The average Bonchev–Trinajstić information content (AvgIpc) is 3.18. The maximum Gasteiger partial charge on any atom is 0.230 e. The molecule has 1 aliphatic heterocycles. The van der Waals surface area contributed by atoms with E-state index in [-0.39, 0.29) is 30.6 Å². The van der Waals surface area contributed by atoms with Crippen LogP contribution in [0.4, 0.5) is 0 Å². The second-order valence-electron chi connectivity index (χ2n) is 7.77. The smallest absolute Gasteiger partial charge is 0.230 e. The van der Waals surface area contributed by atoms with Gasteiger partial charge in [0.15, 0.2) is 0 Å². The van der Waals surface area contributed by atoms with Crippen molar-refractivity contribution < 1.29 is 9.59 Å². The number of nitrogens with one attached hydrogen (secondary N) is 1. The molecule has 0 saturated carbocycles. The van der Waals surface area contributed by atoms with E-state index in [1.807, 2.05) is 74.8 Å². The molecule has 156 valence electrons. The van der Waals surface area contributed by atoms with E-state index in [1.54, 1.807) is 9.80 Å². The lowest BCUT2D eigenvalue weighted by atomic mass is 9.81. The van der Waals surface area contributed by atoms with Crippen molar-refractivity contribution in [2.24, 2.45) is 5.41 Å². The molecule has 5 nitrogen and oxygen atoms in total. The summed E-state index contributed by atoms with van der Waals surface area (Å²) in [6.07, 6.45) is 0.928. The molecule has 1 atom stereocenters. The predicted molar refractivity (Wildman–Crippen MR) is 118 cm³/mol. The van der Waals surface area contributed by atoms with Crippen LogP contribution in [0.5, 0.6) is 0 Å². The molecule has 3 rings (SSSR count). The van der Waals surface area contributed by atoms with Crippen LogP contribution in [0.2, 0.25) is 0 Å². The summed E-state index contributed by atoms with van der Waals surface area (Å²) in [5, 5.41) is 3.29. The normalized spacial score (nSPS) is 18.0. The molecule has 2 aromatic rings. The third-order valence-electron chi connectivity index (χ3n) is 5.48. The Hall–Kier alpha value is -2.37. The molecule has 0 radical (unpaired) electrons. The van der Waals surface area contributed by atoms with Crippen molar-refractivity contribution in [2.45, 2.75) is 25.9 Å². The Morgan fingerprint density at radius 3 is 1.90 bits per heavy atom. The fourth-order valence-electron chi connectivity index (χ4n) is 3.86. The van der Waals surface area contributed by atoms with Crippen LogP contribution in [0, 0.1) is 5.41 Å².